The zero-order valence-electron chi connectivity index (χ0n) is 27.8. The second-order valence-electron chi connectivity index (χ2n) is 11.7. The third kappa shape index (κ3) is 9.65. The number of aromatic nitrogens is 2. The Morgan fingerprint density at radius 3 is 2.29 bits per heavy atom. The molecule has 4 amide bonds. The van der Waals surface area contributed by atoms with E-state index in [-0.39, 0.29) is 43.4 Å². The fraction of sp³-hybridized carbons (Fsp3) is 0.382. The summed E-state index contributed by atoms with van der Waals surface area (Å²) >= 11 is 0. The number of hydrogen-bond donors (Lipinski definition) is 6. The van der Waals surface area contributed by atoms with Gasteiger partial charge in [-0.25, -0.2) is 9.59 Å². The summed E-state index contributed by atoms with van der Waals surface area (Å²) in [5.41, 5.74) is 3.14. The SMILES string of the molecule is CNC(=O)C(CCCNC(C)=N)NC(=O)CN(CCNC(=O)OCC1c2ccccc2-c2ccccc21)C(=O)Cn1cc(C)c(=O)[nH]c1=O. The number of alkyl carbamates (subject to hydrolysis) is 1. The molecule has 1 aliphatic rings. The van der Waals surface area contributed by atoms with Crippen molar-refractivity contribution in [3.8, 4) is 11.1 Å². The monoisotopic (exact) mass is 674 g/mol. The molecule has 6 N–H and O–H groups in total. The molecule has 49 heavy (non-hydrogen) atoms. The summed E-state index contributed by atoms with van der Waals surface area (Å²) < 4.78 is 6.60. The molecule has 1 aromatic heterocycles. The van der Waals surface area contributed by atoms with Gasteiger partial charge in [-0.15, -0.1) is 0 Å². The van der Waals surface area contributed by atoms with Crippen LogP contribution in [0.1, 0.15) is 42.4 Å². The molecule has 15 nitrogen and oxygen atoms in total. The van der Waals surface area contributed by atoms with Crippen LogP contribution in [-0.4, -0.2) is 90.0 Å². The Bertz CT molecular complexity index is 1770. The minimum absolute atomic E-state index is 0.0806. The molecule has 15 heteroatoms. The van der Waals surface area contributed by atoms with Gasteiger partial charge in [-0.3, -0.25) is 34.1 Å². The first-order valence-electron chi connectivity index (χ1n) is 16.0. The van der Waals surface area contributed by atoms with Crippen LogP contribution in [0.5, 0.6) is 0 Å². The van der Waals surface area contributed by atoms with Crippen molar-refractivity contribution >= 4 is 29.7 Å². The van der Waals surface area contributed by atoms with Gasteiger partial charge in [-0.05, 0) is 48.9 Å². The Balaban J connectivity index is 1.39. The molecule has 1 heterocycles. The van der Waals surface area contributed by atoms with Crippen molar-refractivity contribution in [1.29, 1.82) is 5.41 Å². The van der Waals surface area contributed by atoms with Gasteiger partial charge in [0, 0.05) is 44.4 Å². The zero-order valence-corrected chi connectivity index (χ0v) is 27.8. The molecule has 4 rings (SSSR count). The van der Waals surface area contributed by atoms with Gasteiger partial charge in [0.2, 0.25) is 17.7 Å². The van der Waals surface area contributed by atoms with Gasteiger partial charge in [0.1, 0.15) is 19.2 Å². The van der Waals surface area contributed by atoms with Crippen molar-refractivity contribution in [3.05, 3.63) is 92.3 Å². The van der Waals surface area contributed by atoms with E-state index in [0.717, 1.165) is 31.7 Å². The van der Waals surface area contributed by atoms with Crippen LogP contribution in [0, 0.1) is 12.3 Å². The number of aryl methyl sites for hydroxylation is 1. The lowest BCUT2D eigenvalue weighted by Gasteiger charge is -2.24. The summed E-state index contributed by atoms with van der Waals surface area (Å²) in [5, 5.41) is 18.1. The summed E-state index contributed by atoms with van der Waals surface area (Å²) in [4.78, 5) is 79.2. The second-order valence-corrected chi connectivity index (χ2v) is 11.7. The second kappa shape index (κ2) is 16.9. The number of H-pyrrole nitrogens is 1. The maximum Gasteiger partial charge on any atom is 0.407 e. The Morgan fingerprint density at radius 1 is 1.00 bits per heavy atom. The third-order valence-corrected chi connectivity index (χ3v) is 8.13. The summed E-state index contributed by atoms with van der Waals surface area (Å²) in [6, 6.07) is 15.0. The van der Waals surface area contributed by atoms with Gasteiger partial charge in [0.25, 0.3) is 5.56 Å². The molecular formula is C34H42N8O7. The molecular weight excluding hydrogens is 632 g/mol. The standard InChI is InChI=1S/C34H42N8O7/c1-21-17-42(33(47)40-31(21)45)19-30(44)41(18-29(43)39-28(32(46)36-3)13-8-14-37-22(2)35)16-15-38-34(48)49-20-27-25-11-6-4-9-23(25)24-10-5-7-12-26(24)27/h4-7,9-12,17,27-28H,8,13-16,18-20H2,1-3H3,(H2,35,37)(H,36,46)(H,38,48)(H,39,43)(H,40,45,47). The number of nitrogens with zero attached hydrogens (tertiary/aromatic N) is 2. The number of fused-ring (bicyclic) bond motifs is 3. The Hall–Kier alpha value is -5.73. The van der Waals surface area contributed by atoms with Gasteiger partial charge in [0.05, 0.1) is 12.4 Å². The van der Waals surface area contributed by atoms with E-state index in [1.54, 1.807) is 6.92 Å². The van der Waals surface area contributed by atoms with Crippen LogP contribution in [0.3, 0.4) is 0 Å². The van der Waals surface area contributed by atoms with Gasteiger partial charge >= 0.3 is 11.8 Å². The minimum atomic E-state index is -0.897. The van der Waals surface area contributed by atoms with Gasteiger partial charge in [0.15, 0.2) is 0 Å². The number of amidine groups is 1. The molecule has 260 valence electrons. The highest BCUT2D eigenvalue weighted by molar-refractivity contribution is 5.90. The molecule has 1 atom stereocenters. The molecule has 0 fully saturated rings. The molecule has 0 radical (unpaired) electrons. The Labute approximate surface area is 282 Å². The molecule has 0 bridgehead atoms. The largest absolute Gasteiger partial charge is 0.449 e. The van der Waals surface area contributed by atoms with Crippen LogP contribution in [0.25, 0.3) is 11.1 Å². The van der Waals surface area contributed by atoms with E-state index >= 15 is 0 Å². The summed E-state index contributed by atoms with van der Waals surface area (Å²) in [5.74, 6) is -1.56. The number of benzene rings is 2. The lowest BCUT2D eigenvalue weighted by atomic mass is 9.98. The zero-order chi connectivity index (χ0) is 35.5. The summed E-state index contributed by atoms with van der Waals surface area (Å²) in [6.07, 6.45) is 1.29. The first-order valence-corrected chi connectivity index (χ1v) is 16.0. The maximum atomic E-state index is 13.4. The molecule has 1 aliphatic carbocycles. The van der Waals surface area contributed by atoms with Crippen molar-refractivity contribution in [2.45, 2.75) is 45.2 Å². The Kier molecular flexibility index (Phi) is 12.5. The van der Waals surface area contributed by atoms with Crippen molar-refractivity contribution in [3.63, 3.8) is 0 Å². The normalized spacial score (nSPS) is 12.2. The maximum absolute atomic E-state index is 13.4. The highest BCUT2D eigenvalue weighted by Crippen LogP contribution is 2.44. The molecule has 2 aromatic carbocycles. The summed E-state index contributed by atoms with van der Waals surface area (Å²) in [6.45, 7) is 2.43. The fourth-order valence-electron chi connectivity index (χ4n) is 5.65. The van der Waals surface area contributed by atoms with Crippen LogP contribution < -0.4 is 32.5 Å². The van der Waals surface area contributed by atoms with Gasteiger partial charge < -0.3 is 30.9 Å². The van der Waals surface area contributed by atoms with E-state index in [1.165, 1.54) is 20.2 Å². The number of carbonyl (C=O) groups is 4. The minimum Gasteiger partial charge on any atom is -0.449 e. The van der Waals surface area contributed by atoms with Crippen LogP contribution in [-0.2, 0) is 25.7 Å². The predicted octanol–water partition coefficient (Wildman–Crippen LogP) is 0.810. The number of rotatable bonds is 15. The topological polar surface area (TPSA) is 208 Å². The van der Waals surface area contributed by atoms with Crippen molar-refractivity contribution in [2.75, 3.05) is 39.8 Å². The number of aromatic amines is 1. The van der Waals surface area contributed by atoms with Gasteiger partial charge in [-0.2, -0.15) is 0 Å². The molecule has 0 spiro atoms. The third-order valence-electron chi connectivity index (χ3n) is 8.13. The average Bonchev–Trinajstić information content (AvgIpc) is 3.40. The number of hydrogen-bond acceptors (Lipinski definition) is 8. The van der Waals surface area contributed by atoms with Crippen molar-refractivity contribution in [2.24, 2.45) is 0 Å². The lowest BCUT2D eigenvalue weighted by Crippen LogP contribution is -2.51. The average molecular weight is 675 g/mol. The van der Waals surface area contributed by atoms with Crippen LogP contribution in [0.15, 0.2) is 64.3 Å². The molecule has 0 aliphatic heterocycles. The van der Waals surface area contributed by atoms with E-state index in [0.29, 0.717) is 13.0 Å². The fourth-order valence-corrected chi connectivity index (χ4v) is 5.65. The van der Waals surface area contributed by atoms with Crippen LogP contribution in [0.4, 0.5) is 4.79 Å². The lowest BCUT2D eigenvalue weighted by molar-refractivity contribution is -0.137. The number of amides is 4. The molecule has 0 saturated carbocycles. The van der Waals surface area contributed by atoms with Gasteiger partial charge in [-0.1, -0.05) is 48.5 Å². The molecule has 1 unspecified atom stereocenters. The van der Waals surface area contributed by atoms with E-state index < -0.39 is 54.2 Å². The summed E-state index contributed by atoms with van der Waals surface area (Å²) in [7, 11) is 1.44. The highest BCUT2D eigenvalue weighted by Gasteiger charge is 2.29. The number of carbonyl (C=O) groups excluding carboxylic acids is 4. The number of likely N-dealkylation sites (N-methyl/N-ethyl adjacent to an activating group) is 1. The number of ether oxygens (including phenoxy) is 1. The smallest absolute Gasteiger partial charge is 0.407 e. The van der Waals surface area contributed by atoms with Crippen molar-refractivity contribution < 1.29 is 23.9 Å². The quantitative estimate of drug-likeness (QED) is 0.0771. The molecule has 3 aromatic rings. The van der Waals surface area contributed by atoms with Crippen molar-refractivity contribution in [1.82, 2.24) is 35.7 Å². The predicted molar refractivity (Wildman–Crippen MR) is 182 cm³/mol. The highest BCUT2D eigenvalue weighted by atomic mass is 16.5. The first-order chi connectivity index (χ1) is 23.5. The number of nitrogens with one attached hydrogen (secondary N) is 6. The van der Waals surface area contributed by atoms with Crippen LogP contribution in [0.2, 0.25) is 0 Å². The molecule has 0 saturated heterocycles. The van der Waals surface area contributed by atoms with E-state index in [9.17, 15) is 28.8 Å². The Morgan fingerprint density at radius 2 is 1.65 bits per heavy atom. The van der Waals surface area contributed by atoms with E-state index in [1.807, 2.05) is 48.5 Å². The van der Waals surface area contributed by atoms with E-state index in [2.05, 4.69) is 26.3 Å². The van der Waals surface area contributed by atoms with Crippen LogP contribution >= 0.6 is 0 Å². The first kappa shape index (κ1) is 36.1. The van der Waals surface area contributed by atoms with E-state index in [4.69, 9.17) is 10.1 Å².